The fraction of sp³-hybridized carbons (Fsp3) is 0. The molecule has 6 nitrogen and oxygen atoms in total. The SMILES string of the molecule is O=C(O)c1cc(-c2[nH]ncc2Br)on1. The van der Waals surface area contributed by atoms with Gasteiger partial charge in [0.05, 0.1) is 10.7 Å². The molecule has 0 fully saturated rings. The number of halogens is 1. The maximum Gasteiger partial charge on any atom is 0.358 e. The number of carboxylic acid groups (broad SMARTS) is 1. The van der Waals surface area contributed by atoms with Crippen LogP contribution in [0.15, 0.2) is 21.3 Å². The second-order valence-electron chi connectivity index (χ2n) is 2.47. The Morgan fingerprint density at radius 1 is 1.64 bits per heavy atom. The zero-order valence-electron chi connectivity index (χ0n) is 6.69. The number of H-pyrrole nitrogens is 1. The minimum Gasteiger partial charge on any atom is -0.476 e. The van der Waals surface area contributed by atoms with Crippen LogP contribution in [0.4, 0.5) is 0 Å². The Morgan fingerprint density at radius 3 is 2.93 bits per heavy atom. The van der Waals surface area contributed by atoms with Gasteiger partial charge in [0.1, 0.15) is 5.69 Å². The standard InChI is InChI=1S/C7H4BrN3O3/c8-3-2-9-10-6(3)5-1-4(7(12)13)11-14-5/h1-2H,(H,9,10)(H,12,13). The molecule has 72 valence electrons. The molecule has 0 aliphatic carbocycles. The molecule has 0 amide bonds. The highest BCUT2D eigenvalue weighted by Gasteiger charge is 2.15. The molecular formula is C7H4BrN3O3. The molecule has 2 aromatic heterocycles. The van der Waals surface area contributed by atoms with Crippen LogP contribution in [-0.2, 0) is 0 Å². The van der Waals surface area contributed by atoms with E-state index in [1.54, 1.807) is 0 Å². The van der Waals surface area contributed by atoms with Gasteiger partial charge in [0.25, 0.3) is 0 Å². The topological polar surface area (TPSA) is 92.0 Å². The number of rotatable bonds is 2. The van der Waals surface area contributed by atoms with Gasteiger partial charge in [-0.25, -0.2) is 4.79 Å². The number of aromatic carboxylic acids is 1. The third kappa shape index (κ3) is 1.41. The van der Waals surface area contributed by atoms with Gasteiger partial charge in [-0.1, -0.05) is 5.16 Å². The molecule has 14 heavy (non-hydrogen) atoms. The molecule has 2 aromatic rings. The van der Waals surface area contributed by atoms with Crippen LogP contribution in [0, 0.1) is 0 Å². The van der Waals surface area contributed by atoms with Crippen LogP contribution in [0.5, 0.6) is 0 Å². The molecule has 0 aliphatic rings. The first-order valence-corrected chi connectivity index (χ1v) is 4.37. The summed E-state index contributed by atoms with van der Waals surface area (Å²) >= 11 is 3.22. The Kier molecular flexibility index (Phi) is 2.08. The van der Waals surface area contributed by atoms with Crippen molar-refractivity contribution < 1.29 is 14.4 Å². The van der Waals surface area contributed by atoms with E-state index in [1.807, 2.05) is 0 Å². The average Bonchev–Trinajstić information content (AvgIpc) is 2.71. The Hall–Kier alpha value is -1.63. The van der Waals surface area contributed by atoms with Gasteiger partial charge in [0.2, 0.25) is 0 Å². The number of aromatic amines is 1. The van der Waals surface area contributed by atoms with E-state index in [9.17, 15) is 4.79 Å². The summed E-state index contributed by atoms with van der Waals surface area (Å²) in [4.78, 5) is 10.5. The third-order valence-corrected chi connectivity index (χ3v) is 2.17. The van der Waals surface area contributed by atoms with E-state index < -0.39 is 5.97 Å². The van der Waals surface area contributed by atoms with Crippen molar-refractivity contribution in [2.24, 2.45) is 0 Å². The molecule has 0 atom stereocenters. The number of aromatic nitrogens is 3. The number of nitrogens with zero attached hydrogens (tertiary/aromatic N) is 2. The van der Waals surface area contributed by atoms with Gasteiger partial charge < -0.3 is 9.63 Å². The first kappa shape index (κ1) is 8.95. The van der Waals surface area contributed by atoms with Crippen LogP contribution >= 0.6 is 15.9 Å². The van der Waals surface area contributed by atoms with Gasteiger partial charge >= 0.3 is 5.97 Å². The molecule has 0 saturated carbocycles. The Morgan fingerprint density at radius 2 is 2.43 bits per heavy atom. The quantitative estimate of drug-likeness (QED) is 0.851. The average molecular weight is 258 g/mol. The summed E-state index contributed by atoms with van der Waals surface area (Å²) in [5, 5.41) is 18.4. The van der Waals surface area contributed by atoms with Crippen molar-refractivity contribution in [3.8, 4) is 11.5 Å². The van der Waals surface area contributed by atoms with Crippen molar-refractivity contribution in [3.05, 3.63) is 22.4 Å². The van der Waals surface area contributed by atoms with Crippen LogP contribution in [-0.4, -0.2) is 26.4 Å². The van der Waals surface area contributed by atoms with E-state index in [0.29, 0.717) is 15.9 Å². The van der Waals surface area contributed by atoms with Gasteiger partial charge in [-0.3, -0.25) is 5.10 Å². The van der Waals surface area contributed by atoms with E-state index in [4.69, 9.17) is 9.63 Å². The summed E-state index contributed by atoms with van der Waals surface area (Å²) in [6.45, 7) is 0. The smallest absolute Gasteiger partial charge is 0.358 e. The van der Waals surface area contributed by atoms with Gasteiger partial charge in [0.15, 0.2) is 11.5 Å². The second-order valence-corrected chi connectivity index (χ2v) is 3.33. The fourth-order valence-electron chi connectivity index (χ4n) is 0.938. The lowest BCUT2D eigenvalue weighted by Crippen LogP contribution is -1.94. The molecule has 0 spiro atoms. The fourth-order valence-corrected chi connectivity index (χ4v) is 1.32. The predicted octanol–water partition coefficient (Wildman–Crippen LogP) is 1.53. The number of carbonyl (C=O) groups is 1. The van der Waals surface area contributed by atoms with Crippen molar-refractivity contribution in [2.75, 3.05) is 0 Å². The molecule has 0 aromatic carbocycles. The molecule has 0 bridgehead atoms. The normalized spacial score (nSPS) is 10.4. The van der Waals surface area contributed by atoms with Crippen molar-refractivity contribution in [1.29, 1.82) is 0 Å². The summed E-state index contributed by atoms with van der Waals surface area (Å²) in [5.74, 6) is -0.803. The van der Waals surface area contributed by atoms with Gasteiger partial charge in [-0.05, 0) is 15.9 Å². The monoisotopic (exact) mass is 257 g/mol. The van der Waals surface area contributed by atoms with Gasteiger partial charge in [-0.2, -0.15) is 5.10 Å². The van der Waals surface area contributed by atoms with Gasteiger partial charge in [0, 0.05) is 6.07 Å². The van der Waals surface area contributed by atoms with Crippen molar-refractivity contribution >= 4 is 21.9 Å². The van der Waals surface area contributed by atoms with Crippen molar-refractivity contribution in [2.45, 2.75) is 0 Å². The lowest BCUT2D eigenvalue weighted by Gasteiger charge is -1.87. The molecule has 2 N–H and O–H groups in total. The molecule has 0 aliphatic heterocycles. The van der Waals surface area contributed by atoms with E-state index in [0.717, 1.165) is 0 Å². The lowest BCUT2D eigenvalue weighted by molar-refractivity contribution is 0.0686. The van der Waals surface area contributed by atoms with E-state index >= 15 is 0 Å². The Balaban J connectivity index is 2.43. The summed E-state index contributed by atoms with van der Waals surface area (Å²) in [6, 6.07) is 1.32. The van der Waals surface area contributed by atoms with E-state index in [-0.39, 0.29) is 5.69 Å². The third-order valence-electron chi connectivity index (χ3n) is 1.57. The molecule has 2 rings (SSSR count). The van der Waals surface area contributed by atoms with Crippen LogP contribution in [0.25, 0.3) is 11.5 Å². The molecule has 0 radical (unpaired) electrons. The van der Waals surface area contributed by atoms with E-state index in [1.165, 1.54) is 12.3 Å². The predicted molar refractivity (Wildman–Crippen MR) is 48.7 cm³/mol. The van der Waals surface area contributed by atoms with Crippen LogP contribution in [0.2, 0.25) is 0 Å². The first-order valence-electron chi connectivity index (χ1n) is 3.57. The summed E-state index contributed by atoms with van der Waals surface area (Å²) in [5.41, 5.74) is 0.423. The molecular weight excluding hydrogens is 254 g/mol. The van der Waals surface area contributed by atoms with Crippen LogP contribution < -0.4 is 0 Å². The van der Waals surface area contributed by atoms with Crippen molar-refractivity contribution in [3.63, 3.8) is 0 Å². The number of carboxylic acids is 1. The first-order chi connectivity index (χ1) is 6.68. The molecule has 0 unspecified atom stereocenters. The zero-order valence-corrected chi connectivity index (χ0v) is 8.28. The molecule has 7 heteroatoms. The number of nitrogens with one attached hydrogen (secondary N) is 1. The number of hydrogen-bond acceptors (Lipinski definition) is 4. The molecule has 2 heterocycles. The Bertz CT molecular complexity index is 476. The summed E-state index contributed by atoms with van der Waals surface area (Å²) in [6.07, 6.45) is 1.54. The van der Waals surface area contributed by atoms with E-state index in [2.05, 4.69) is 31.3 Å². The highest BCUT2D eigenvalue weighted by molar-refractivity contribution is 9.10. The summed E-state index contributed by atoms with van der Waals surface area (Å²) < 4.78 is 5.50. The number of hydrogen-bond donors (Lipinski definition) is 2. The maximum absolute atomic E-state index is 10.5. The zero-order chi connectivity index (χ0) is 10.1. The maximum atomic E-state index is 10.5. The lowest BCUT2D eigenvalue weighted by atomic mass is 10.3. The highest BCUT2D eigenvalue weighted by atomic mass is 79.9. The largest absolute Gasteiger partial charge is 0.476 e. The minimum atomic E-state index is -1.13. The highest BCUT2D eigenvalue weighted by Crippen LogP contribution is 2.25. The van der Waals surface area contributed by atoms with Gasteiger partial charge in [-0.15, -0.1) is 0 Å². The second kappa shape index (κ2) is 3.26. The van der Waals surface area contributed by atoms with Crippen LogP contribution in [0.3, 0.4) is 0 Å². The Labute approximate surface area is 86.0 Å². The van der Waals surface area contributed by atoms with Crippen LogP contribution in [0.1, 0.15) is 10.5 Å². The molecule has 0 saturated heterocycles. The summed E-state index contributed by atoms with van der Waals surface area (Å²) in [7, 11) is 0. The minimum absolute atomic E-state index is 0.137. The van der Waals surface area contributed by atoms with Crippen molar-refractivity contribution in [1.82, 2.24) is 15.4 Å².